The molecule has 9 heteroatoms. The quantitative estimate of drug-likeness (QED) is 0.250. The van der Waals surface area contributed by atoms with Crippen LogP contribution in [-0.4, -0.2) is 49.1 Å². The Balaban J connectivity index is 1.58. The molecular formula is C32H37N3O6. The number of ether oxygens (including phenoxy) is 3. The number of rotatable bonds is 11. The fourth-order valence-electron chi connectivity index (χ4n) is 5.70. The third-order valence-corrected chi connectivity index (χ3v) is 7.76. The fraction of sp³-hybridized carbons (Fsp3) is 0.375. The molecule has 2 heterocycles. The van der Waals surface area contributed by atoms with Crippen LogP contribution in [0.15, 0.2) is 65.4 Å². The summed E-state index contributed by atoms with van der Waals surface area (Å²) in [7, 11) is 4.59. The van der Waals surface area contributed by atoms with Gasteiger partial charge in [-0.05, 0) is 54.3 Å². The molecule has 216 valence electrons. The number of amides is 2. The van der Waals surface area contributed by atoms with Crippen LogP contribution in [0.4, 0.5) is 0 Å². The highest BCUT2D eigenvalue weighted by Crippen LogP contribution is 2.41. The minimum atomic E-state index is -0.978. The van der Waals surface area contributed by atoms with Gasteiger partial charge in [-0.25, -0.2) is 0 Å². The van der Waals surface area contributed by atoms with Crippen LogP contribution in [0.3, 0.4) is 0 Å². The molecule has 2 amide bonds. The highest BCUT2D eigenvalue weighted by molar-refractivity contribution is 5.92. The van der Waals surface area contributed by atoms with E-state index in [2.05, 4.69) is 10.3 Å². The molecule has 1 aliphatic carbocycles. The molecule has 2 aromatic carbocycles. The third kappa shape index (κ3) is 6.19. The average Bonchev–Trinajstić information content (AvgIpc) is 3.67. The minimum absolute atomic E-state index is 0.0509. The second-order valence-electron chi connectivity index (χ2n) is 10.3. The van der Waals surface area contributed by atoms with Crippen LogP contribution in [0.5, 0.6) is 17.2 Å². The molecule has 5 rings (SSSR count). The van der Waals surface area contributed by atoms with Crippen molar-refractivity contribution in [3.8, 4) is 17.2 Å². The Morgan fingerprint density at radius 2 is 1.73 bits per heavy atom. The summed E-state index contributed by atoms with van der Waals surface area (Å²) in [6.07, 6.45) is 8.63. The summed E-state index contributed by atoms with van der Waals surface area (Å²) in [4.78, 5) is 33.3. The first-order valence-electron chi connectivity index (χ1n) is 14.0. The number of methoxy groups -OCH3 is 3. The van der Waals surface area contributed by atoms with E-state index < -0.39 is 6.04 Å². The summed E-state index contributed by atoms with van der Waals surface area (Å²) >= 11 is 0. The second kappa shape index (κ2) is 12.8. The van der Waals surface area contributed by atoms with Crippen molar-refractivity contribution in [2.24, 2.45) is 0 Å². The largest absolute Gasteiger partial charge is 0.493 e. The monoisotopic (exact) mass is 559 g/mol. The van der Waals surface area contributed by atoms with Crippen LogP contribution in [0.2, 0.25) is 0 Å². The van der Waals surface area contributed by atoms with Crippen LogP contribution in [0.1, 0.15) is 55.0 Å². The minimum Gasteiger partial charge on any atom is -0.493 e. The van der Waals surface area contributed by atoms with Gasteiger partial charge in [0.1, 0.15) is 11.8 Å². The molecule has 1 fully saturated rings. The van der Waals surface area contributed by atoms with E-state index in [1.807, 2.05) is 30.5 Å². The molecule has 9 nitrogen and oxygen atoms in total. The maximum absolute atomic E-state index is 14.2. The Morgan fingerprint density at radius 1 is 1.00 bits per heavy atom. The molecule has 4 aromatic rings. The molecule has 0 radical (unpaired) electrons. The summed E-state index contributed by atoms with van der Waals surface area (Å²) in [5.41, 5.74) is 2.35. The highest BCUT2D eigenvalue weighted by Gasteiger charge is 2.35. The van der Waals surface area contributed by atoms with E-state index in [9.17, 15) is 9.59 Å². The number of furan rings is 1. The van der Waals surface area contributed by atoms with Gasteiger partial charge in [-0.15, -0.1) is 0 Å². The smallest absolute Gasteiger partial charge is 0.247 e. The van der Waals surface area contributed by atoms with Gasteiger partial charge >= 0.3 is 0 Å². The molecule has 1 unspecified atom stereocenters. The number of aromatic nitrogens is 1. The first kappa shape index (κ1) is 28.1. The third-order valence-electron chi connectivity index (χ3n) is 7.76. The molecule has 1 atom stereocenters. The van der Waals surface area contributed by atoms with Crippen molar-refractivity contribution >= 4 is 22.7 Å². The van der Waals surface area contributed by atoms with Crippen LogP contribution in [0, 0.1) is 0 Å². The SMILES string of the molecule is COc1cc(C(C(=O)NC2CCCCC2)N(Cc2ccco2)C(=O)Cc2c[nH]c3ccccc23)cc(OC)c1OC. The van der Waals surface area contributed by atoms with Crippen LogP contribution in [0.25, 0.3) is 10.9 Å². The van der Waals surface area contributed by atoms with Crippen LogP contribution in [-0.2, 0) is 22.6 Å². The number of para-hydroxylation sites is 1. The van der Waals surface area contributed by atoms with Gasteiger partial charge in [-0.3, -0.25) is 9.59 Å². The number of hydrogen-bond acceptors (Lipinski definition) is 6. The van der Waals surface area contributed by atoms with Crippen molar-refractivity contribution < 1.29 is 28.2 Å². The van der Waals surface area contributed by atoms with E-state index in [1.54, 1.807) is 35.4 Å². The molecule has 0 spiro atoms. The van der Waals surface area contributed by atoms with Gasteiger partial charge in [-0.1, -0.05) is 37.5 Å². The van der Waals surface area contributed by atoms with E-state index in [0.29, 0.717) is 28.6 Å². The molecule has 1 saturated carbocycles. The van der Waals surface area contributed by atoms with Gasteiger partial charge in [0.05, 0.1) is 40.6 Å². The number of carbonyl (C=O) groups excluding carboxylic acids is 2. The molecule has 2 aromatic heterocycles. The van der Waals surface area contributed by atoms with Crippen molar-refractivity contribution in [1.82, 2.24) is 15.2 Å². The zero-order chi connectivity index (χ0) is 28.8. The predicted octanol–water partition coefficient (Wildman–Crippen LogP) is 5.55. The van der Waals surface area contributed by atoms with E-state index in [4.69, 9.17) is 18.6 Å². The number of H-pyrrole nitrogens is 1. The van der Waals surface area contributed by atoms with Crippen LogP contribution < -0.4 is 19.5 Å². The second-order valence-corrected chi connectivity index (χ2v) is 10.3. The Kier molecular flexibility index (Phi) is 8.82. The zero-order valence-electron chi connectivity index (χ0n) is 23.8. The lowest BCUT2D eigenvalue weighted by Gasteiger charge is -2.33. The van der Waals surface area contributed by atoms with Crippen molar-refractivity contribution in [3.63, 3.8) is 0 Å². The van der Waals surface area contributed by atoms with E-state index in [-0.39, 0.29) is 30.8 Å². The highest BCUT2D eigenvalue weighted by atomic mass is 16.5. The first-order chi connectivity index (χ1) is 20.0. The van der Waals surface area contributed by atoms with Crippen LogP contribution >= 0.6 is 0 Å². The topological polar surface area (TPSA) is 106 Å². The standard InChI is InChI=1S/C32H37N3O6/c1-38-27-16-21(17-28(39-2)31(27)40-3)30(32(37)34-23-10-5-4-6-11-23)35(20-24-12-9-15-41-24)29(36)18-22-19-33-26-14-8-7-13-25(22)26/h7-9,12-17,19,23,30,33H,4-6,10-11,18,20H2,1-3H3,(H,34,37). The van der Waals surface area contributed by atoms with Gasteiger partial charge in [0.15, 0.2) is 11.5 Å². The Bertz CT molecular complexity index is 1450. The average molecular weight is 560 g/mol. The van der Waals surface area contributed by atoms with E-state index in [0.717, 1.165) is 48.6 Å². The van der Waals surface area contributed by atoms with Gasteiger partial charge in [0.2, 0.25) is 17.6 Å². The van der Waals surface area contributed by atoms with Crippen molar-refractivity contribution in [2.45, 2.75) is 57.2 Å². The van der Waals surface area contributed by atoms with Gasteiger partial charge in [-0.2, -0.15) is 0 Å². The summed E-state index contributed by atoms with van der Waals surface area (Å²) in [5.74, 6) is 1.31. The Hall–Kier alpha value is -4.40. The number of fused-ring (bicyclic) bond motifs is 1. The van der Waals surface area contributed by atoms with Gasteiger partial charge in [0, 0.05) is 23.1 Å². The van der Waals surface area contributed by atoms with Gasteiger partial charge < -0.3 is 33.8 Å². The summed E-state index contributed by atoms with van der Waals surface area (Å²) in [5, 5.41) is 4.21. The van der Waals surface area contributed by atoms with E-state index >= 15 is 0 Å². The Morgan fingerprint density at radius 3 is 2.39 bits per heavy atom. The molecule has 2 N–H and O–H groups in total. The lowest BCUT2D eigenvalue weighted by molar-refractivity contribution is -0.141. The van der Waals surface area contributed by atoms with Crippen molar-refractivity contribution in [1.29, 1.82) is 0 Å². The van der Waals surface area contributed by atoms with Crippen molar-refractivity contribution in [3.05, 3.63) is 77.9 Å². The Labute approximate surface area is 239 Å². The first-order valence-corrected chi connectivity index (χ1v) is 14.0. The molecule has 0 saturated heterocycles. The summed E-state index contributed by atoms with van der Waals surface area (Å²) in [6, 6.07) is 14.0. The number of benzene rings is 2. The fourth-order valence-corrected chi connectivity index (χ4v) is 5.70. The normalized spacial score (nSPS) is 14.4. The predicted molar refractivity (Wildman–Crippen MR) is 155 cm³/mol. The van der Waals surface area contributed by atoms with Crippen molar-refractivity contribution in [2.75, 3.05) is 21.3 Å². The number of hydrogen-bond donors (Lipinski definition) is 2. The summed E-state index contributed by atoms with van der Waals surface area (Å²) in [6.45, 7) is 0.105. The molecular weight excluding hydrogens is 522 g/mol. The molecule has 41 heavy (non-hydrogen) atoms. The maximum atomic E-state index is 14.2. The molecule has 1 aliphatic rings. The summed E-state index contributed by atoms with van der Waals surface area (Å²) < 4.78 is 22.4. The number of nitrogens with zero attached hydrogens (tertiary/aromatic N) is 1. The number of carbonyl (C=O) groups is 2. The molecule has 0 bridgehead atoms. The van der Waals surface area contributed by atoms with Gasteiger partial charge in [0.25, 0.3) is 0 Å². The maximum Gasteiger partial charge on any atom is 0.247 e. The van der Waals surface area contributed by atoms with E-state index in [1.165, 1.54) is 21.3 Å². The number of nitrogens with one attached hydrogen (secondary N) is 2. The number of aromatic amines is 1. The lowest BCUT2D eigenvalue weighted by atomic mass is 9.94. The zero-order valence-corrected chi connectivity index (χ0v) is 23.8. The molecule has 0 aliphatic heterocycles. The lowest BCUT2D eigenvalue weighted by Crippen LogP contribution is -2.47.